The van der Waals surface area contributed by atoms with E-state index in [9.17, 15) is 4.79 Å². The molecule has 0 saturated carbocycles. The molecule has 1 amide bonds. The van der Waals surface area contributed by atoms with E-state index in [1.807, 2.05) is 0 Å². The monoisotopic (exact) mass is 289 g/mol. The molecule has 9 nitrogen and oxygen atoms in total. The highest BCUT2D eigenvalue weighted by Crippen LogP contribution is 2.46. The topological polar surface area (TPSA) is 144 Å². The number of rotatable bonds is 4. The number of nitrogens with zero attached hydrogens (tertiary/aromatic N) is 3. The maximum atomic E-state index is 10.9. The predicted molar refractivity (Wildman–Crippen MR) is 64.4 cm³/mol. The fourth-order valence-electron chi connectivity index (χ4n) is 1.72. The minimum Gasteiger partial charge on any atom is -0.363 e. The van der Waals surface area contributed by atoms with Crippen LogP contribution >= 0.6 is 7.94 Å². The van der Waals surface area contributed by atoms with Gasteiger partial charge in [-0.2, -0.15) is 14.7 Å². The van der Waals surface area contributed by atoms with Gasteiger partial charge in [-0.15, -0.1) is 5.10 Å². The maximum absolute atomic E-state index is 10.9. The van der Waals surface area contributed by atoms with Crippen LogP contribution in [0.5, 0.6) is 0 Å². The summed E-state index contributed by atoms with van der Waals surface area (Å²) in [5, 5.41) is 3.88. The van der Waals surface area contributed by atoms with Crippen LogP contribution in [0.15, 0.2) is 18.2 Å². The van der Waals surface area contributed by atoms with Crippen LogP contribution in [0, 0.1) is 0 Å². The molecule has 10 heteroatoms. The van der Waals surface area contributed by atoms with Gasteiger partial charge < -0.3 is 10.5 Å². The summed E-state index contributed by atoms with van der Waals surface area (Å²) >= 11 is 0. The van der Waals surface area contributed by atoms with E-state index in [-0.39, 0.29) is 11.9 Å². The van der Waals surface area contributed by atoms with Crippen molar-refractivity contribution in [3.63, 3.8) is 0 Å². The number of ether oxygens (including phenoxy) is 1. The van der Waals surface area contributed by atoms with Crippen molar-refractivity contribution in [2.45, 2.75) is 25.2 Å². The standard InChI is InChI=1S/C9H13N4O5P/c10-8(14)9-11-5-13(12-9)7-2-1-6(18-7)3-4-19(15,16)17/h3-7,15-17H,1-2H2,(H-,10,14)/p+1/b4-3+/t6-,7+/m0/s1. The minimum absolute atomic E-state index is 0.0893. The van der Waals surface area contributed by atoms with Crippen molar-refractivity contribution in [2.75, 3.05) is 0 Å². The quantitative estimate of drug-likeness (QED) is 0.537. The van der Waals surface area contributed by atoms with Crippen molar-refractivity contribution >= 4 is 13.9 Å². The molecular formula is C9H14N4O5P+. The Bertz CT molecular complexity index is 497. The SMILES string of the molecule is NC(=O)c1ncn([C@H]2CC[C@@H](/C=C/[P+](O)(O)O)O2)n1. The molecule has 19 heavy (non-hydrogen) atoms. The van der Waals surface area contributed by atoms with Crippen LogP contribution in [0.4, 0.5) is 0 Å². The molecule has 2 heterocycles. The molecule has 0 bridgehead atoms. The third-order valence-electron chi connectivity index (χ3n) is 2.55. The third kappa shape index (κ3) is 3.79. The first-order valence-electron chi connectivity index (χ1n) is 5.48. The summed E-state index contributed by atoms with van der Waals surface area (Å²) in [6.45, 7) is 0. The van der Waals surface area contributed by atoms with Crippen molar-refractivity contribution in [1.29, 1.82) is 0 Å². The fraction of sp³-hybridized carbons (Fsp3) is 0.444. The molecule has 0 aliphatic carbocycles. The zero-order chi connectivity index (χ0) is 14.0. The zero-order valence-corrected chi connectivity index (χ0v) is 10.7. The van der Waals surface area contributed by atoms with Crippen LogP contribution in [-0.2, 0) is 4.74 Å². The van der Waals surface area contributed by atoms with Gasteiger partial charge in [-0.1, -0.05) is 0 Å². The lowest BCUT2D eigenvalue weighted by Crippen LogP contribution is -2.15. The van der Waals surface area contributed by atoms with Crippen LogP contribution < -0.4 is 5.73 Å². The Hall–Kier alpha value is -1.38. The Kier molecular flexibility index (Phi) is 3.93. The summed E-state index contributed by atoms with van der Waals surface area (Å²) in [7, 11) is -3.93. The fourth-order valence-corrected chi connectivity index (χ4v) is 2.14. The van der Waals surface area contributed by atoms with E-state index in [0.29, 0.717) is 12.8 Å². The van der Waals surface area contributed by atoms with E-state index in [2.05, 4.69) is 10.1 Å². The molecule has 1 aliphatic rings. The second-order valence-corrected chi connectivity index (χ2v) is 5.60. The second kappa shape index (κ2) is 5.32. The van der Waals surface area contributed by atoms with Crippen LogP contribution in [-0.4, -0.2) is 41.5 Å². The summed E-state index contributed by atoms with van der Waals surface area (Å²) in [5.41, 5.74) is 5.04. The van der Waals surface area contributed by atoms with Crippen molar-refractivity contribution in [3.8, 4) is 0 Å². The molecule has 2 rings (SSSR count). The van der Waals surface area contributed by atoms with Crippen molar-refractivity contribution in [3.05, 3.63) is 24.0 Å². The van der Waals surface area contributed by atoms with Crippen LogP contribution in [0.3, 0.4) is 0 Å². The van der Waals surface area contributed by atoms with Gasteiger partial charge in [-0.05, 0) is 18.9 Å². The molecule has 1 saturated heterocycles. The Labute approximate surface area is 108 Å². The lowest BCUT2D eigenvalue weighted by atomic mass is 10.2. The smallest absolute Gasteiger partial charge is 0.363 e. The van der Waals surface area contributed by atoms with Crippen molar-refractivity contribution in [1.82, 2.24) is 14.8 Å². The number of nitrogens with two attached hydrogens (primary N) is 1. The number of aromatic nitrogens is 3. The number of amides is 1. The Balaban J connectivity index is 1.98. The molecule has 0 radical (unpaired) electrons. The van der Waals surface area contributed by atoms with Crippen LogP contribution in [0.2, 0.25) is 0 Å². The lowest BCUT2D eigenvalue weighted by Gasteiger charge is -2.10. The number of hydrogen-bond acceptors (Lipinski definition) is 7. The highest BCUT2D eigenvalue weighted by atomic mass is 31.2. The molecule has 1 fully saturated rings. The lowest BCUT2D eigenvalue weighted by molar-refractivity contribution is 0.0149. The average Bonchev–Trinajstić information content (AvgIpc) is 2.94. The average molecular weight is 289 g/mol. The largest absolute Gasteiger partial charge is 0.433 e. The Morgan fingerprint density at radius 1 is 1.53 bits per heavy atom. The number of carbonyl (C=O) groups excluding carboxylic acids is 1. The van der Waals surface area contributed by atoms with E-state index in [0.717, 1.165) is 5.82 Å². The summed E-state index contributed by atoms with van der Waals surface area (Å²) in [4.78, 5) is 41.1. The summed E-state index contributed by atoms with van der Waals surface area (Å²) in [6, 6.07) is 0. The van der Waals surface area contributed by atoms with Gasteiger partial charge in [0.1, 0.15) is 12.1 Å². The number of carbonyl (C=O) groups is 1. The van der Waals surface area contributed by atoms with E-state index in [1.165, 1.54) is 17.1 Å². The molecule has 5 N–H and O–H groups in total. The van der Waals surface area contributed by atoms with E-state index in [1.54, 1.807) is 0 Å². The normalized spacial score (nSPS) is 24.2. The maximum Gasteiger partial charge on any atom is 0.433 e. The molecular weight excluding hydrogens is 275 g/mol. The van der Waals surface area contributed by atoms with Crippen LogP contribution in [0.1, 0.15) is 29.7 Å². The first-order valence-corrected chi connectivity index (χ1v) is 7.19. The zero-order valence-electron chi connectivity index (χ0n) is 9.83. The molecule has 1 aromatic heterocycles. The molecule has 1 aromatic rings. The molecule has 104 valence electrons. The molecule has 2 atom stereocenters. The summed E-state index contributed by atoms with van der Waals surface area (Å²) < 4.78 is 6.92. The van der Waals surface area contributed by atoms with E-state index >= 15 is 0 Å². The van der Waals surface area contributed by atoms with Gasteiger partial charge in [-0.3, -0.25) is 4.79 Å². The summed E-state index contributed by atoms with van der Waals surface area (Å²) in [5.74, 6) is 0.119. The second-order valence-electron chi connectivity index (χ2n) is 4.08. The Morgan fingerprint density at radius 3 is 2.84 bits per heavy atom. The molecule has 1 aliphatic heterocycles. The summed E-state index contributed by atoms with van der Waals surface area (Å²) in [6.07, 6.45) is 3.20. The van der Waals surface area contributed by atoms with Crippen molar-refractivity contribution in [2.24, 2.45) is 5.73 Å². The molecule has 0 unspecified atom stereocenters. The van der Waals surface area contributed by atoms with Gasteiger partial charge in [0.2, 0.25) is 5.82 Å². The van der Waals surface area contributed by atoms with Gasteiger partial charge in [0.25, 0.3) is 5.91 Å². The van der Waals surface area contributed by atoms with Gasteiger partial charge in [-0.25, -0.2) is 9.67 Å². The van der Waals surface area contributed by atoms with Gasteiger partial charge in [0.15, 0.2) is 6.23 Å². The first kappa shape index (κ1) is 14.0. The van der Waals surface area contributed by atoms with E-state index < -0.39 is 20.1 Å². The molecule has 0 aromatic carbocycles. The highest BCUT2D eigenvalue weighted by molar-refractivity contribution is 7.61. The molecule has 0 spiro atoms. The first-order chi connectivity index (χ1) is 8.85. The van der Waals surface area contributed by atoms with Gasteiger partial charge >= 0.3 is 7.94 Å². The number of hydrogen-bond donors (Lipinski definition) is 4. The van der Waals surface area contributed by atoms with Crippen LogP contribution in [0.25, 0.3) is 0 Å². The third-order valence-corrected chi connectivity index (χ3v) is 3.13. The van der Waals surface area contributed by atoms with Gasteiger partial charge in [0, 0.05) is 0 Å². The minimum atomic E-state index is -3.93. The van der Waals surface area contributed by atoms with Gasteiger partial charge in [0.05, 0.1) is 6.10 Å². The Morgan fingerprint density at radius 2 is 2.26 bits per heavy atom. The predicted octanol–water partition coefficient (Wildman–Crippen LogP) is -0.692. The highest BCUT2D eigenvalue weighted by Gasteiger charge is 2.30. The van der Waals surface area contributed by atoms with E-state index in [4.69, 9.17) is 25.2 Å². The van der Waals surface area contributed by atoms with Crippen molar-refractivity contribution < 1.29 is 24.2 Å². The number of primary amides is 1.